The lowest BCUT2D eigenvalue weighted by atomic mass is 10.1. The number of fused-ring (bicyclic) bond motifs is 1. The van der Waals surface area contributed by atoms with E-state index in [9.17, 15) is 0 Å². The first-order valence-corrected chi connectivity index (χ1v) is 6.51. The molecular formula is C16H17N3. The molecule has 0 amide bonds. The molecule has 0 spiro atoms. The normalized spacial score (nSPS) is 11.1. The molecule has 0 saturated heterocycles. The summed E-state index contributed by atoms with van der Waals surface area (Å²) in [7, 11) is 0. The molecule has 0 radical (unpaired) electrons. The molecule has 0 fully saturated rings. The van der Waals surface area contributed by atoms with Crippen molar-refractivity contribution in [2.24, 2.45) is 0 Å². The Morgan fingerprint density at radius 3 is 2.53 bits per heavy atom. The fraction of sp³-hybridized carbons (Fsp3) is 0.250. The van der Waals surface area contributed by atoms with Crippen molar-refractivity contribution in [3.63, 3.8) is 0 Å². The van der Waals surface area contributed by atoms with Crippen molar-refractivity contribution in [3.05, 3.63) is 64.6 Å². The van der Waals surface area contributed by atoms with Gasteiger partial charge in [0.2, 0.25) is 0 Å². The number of nitrogens with zero attached hydrogens (tertiary/aromatic N) is 3. The maximum atomic E-state index is 4.65. The van der Waals surface area contributed by atoms with Gasteiger partial charge >= 0.3 is 0 Å². The van der Waals surface area contributed by atoms with Gasteiger partial charge in [-0.25, -0.2) is 9.50 Å². The molecule has 2 aromatic heterocycles. The minimum Gasteiger partial charge on any atom is -0.234 e. The SMILES string of the molecule is Cc1cc(C)n2nc(C)c(Cc3ccccc3)c2n1. The number of benzene rings is 1. The summed E-state index contributed by atoms with van der Waals surface area (Å²) < 4.78 is 1.95. The summed E-state index contributed by atoms with van der Waals surface area (Å²) in [4.78, 5) is 4.65. The second kappa shape index (κ2) is 4.50. The fourth-order valence-corrected chi connectivity index (χ4v) is 2.48. The van der Waals surface area contributed by atoms with Crippen LogP contribution in [-0.2, 0) is 6.42 Å². The molecule has 3 aromatic rings. The highest BCUT2D eigenvalue weighted by Crippen LogP contribution is 2.19. The first kappa shape index (κ1) is 11.9. The average molecular weight is 251 g/mol. The summed E-state index contributed by atoms with van der Waals surface area (Å²) in [5, 5.41) is 4.60. The highest BCUT2D eigenvalue weighted by molar-refractivity contribution is 5.53. The van der Waals surface area contributed by atoms with Gasteiger partial charge in [0.25, 0.3) is 0 Å². The van der Waals surface area contributed by atoms with Crippen LogP contribution >= 0.6 is 0 Å². The van der Waals surface area contributed by atoms with Crippen molar-refractivity contribution in [1.82, 2.24) is 14.6 Å². The predicted molar refractivity (Wildman–Crippen MR) is 76.4 cm³/mol. The van der Waals surface area contributed by atoms with Crippen LogP contribution in [0, 0.1) is 20.8 Å². The molecule has 3 nitrogen and oxygen atoms in total. The molecule has 96 valence electrons. The van der Waals surface area contributed by atoms with Crippen molar-refractivity contribution in [2.45, 2.75) is 27.2 Å². The van der Waals surface area contributed by atoms with E-state index in [1.807, 2.05) is 17.5 Å². The highest BCUT2D eigenvalue weighted by Gasteiger charge is 2.13. The van der Waals surface area contributed by atoms with E-state index in [0.717, 1.165) is 29.1 Å². The second-order valence-corrected chi connectivity index (χ2v) is 5.00. The molecule has 19 heavy (non-hydrogen) atoms. The van der Waals surface area contributed by atoms with Gasteiger partial charge in [0.1, 0.15) is 0 Å². The highest BCUT2D eigenvalue weighted by atomic mass is 15.3. The van der Waals surface area contributed by atoms with Crippen molar-refractivity contribution < 1.29 is 0 Å². The van der Waals surface area contributed by atoms with Crippen LogP contribution in [0.15, 0.2) is 36.4 Å². The number of hydrogen-bond acceptors (Lipinski definition) is 2. The summed E-state index contributed by atoms with van der Waals surface area (Å²) in [6, 6.07) is 12.5. The van der Waals surface area contributed by atoms with Gasteiger partial charge in [-0.15, -0.1) is 0 Å². The number of rotatable bonds is 2. The fourth-order valence-electron chi connectivity index (χ4n) is 2.48. The molecule has 0 aliphatic carbocycles. The lowest BCUT2D eigenvalue weighted by Gasteiger charge is -2.03. The molecule has 0 bridgehead atoms. The zero-order valence-corrected chi connectivity index (χ0v) is 11.5. The van der Waals surface area contributed by atoms with Crippen LogP contribution in [0.1, 0.15) is 28.2 Å². The van der Waals surface area contributed by atoms with Gasteiger partial charge in [-0.05, 0) is 32.4 Å². The van der Waals surface area contributed by atoms with Crippen LogP contribution in [-0.4, -0.2) is 14.6 Å². The lowest BCUT2D eigenvalue weighted by molar-refractivity contribution is 0.870. The third-order valence-corrected chi connectivity index (χ3v) is 3.42. The summed E-state index contributed by atoms with van der Waals surface area (Å²) in [5.41, 5.74) is 6.73. The van der Waals surface area contributed by atoms with Gasteiger partial charge < -0.3 is 0 Å². The molecule has 0 aliphatic heterocycles. The smallest absolute Gasteiger partial charge is 0.159 e. The van der Waals surface area contributed by atoms with Crippen LogP contribution in [0.5, 0.6) is 0 Å². The van der Waals surface area contributed by atoms with Gasteiger partial charge in [-0.2, -0.15) is 5.10 Å². The van der Waals surface area contributed by atoms with Crippen molar-refractivity contribution in [3.8, 4) is 0 Å². The molecule has 0 unspecified atom stereocenters. The number of hydrogen-bond donors (Lipinski definition) is 0. The Morgan fingerprint density at radius 1 is 1.05 bits per heavy atom. The van der Waals surface area contributed by atoms with Crippen molar-refractivity contribution >= 4 is 5.65 Å². The van der Waals surface area contributed by atoms with Crippen LogP contribution in [0.3, 0.4) is 0 Å². The lowest BCUT2D eigenvalue weighted by Crippen LogP contribution is -1.98. The van der Waals surface area contributed by atoms with E-state index in [1.54, 1.807) is 0 Å². The molecule has 0 N–H and O–H groups in total. The van der Waals surface area contributed by atoms with E-state index in [-0.39, 0.29) is 0 Å². The Kier molecular flexibility index (Phi) is 2.82. The zero-order valence-electron chi connectivity index (χ0n) is 11.5. The topological polar surface area (TPSA) is 30.2 Å². The van der Waals surface area contributed by atoms with Gasteiger partial charge in [-0.3, -0.25) is 0 Å². The van der Waals surface area contributed by atoms with E-state index in [4.69, 9.17) is 0 Å². The van der Waals surface area contributed by atoms with Gasteiger partial charge in [0, 0.05) is 23.4 Å². The Labute approximate surface area is 112 Å². The summed E-state index contributed by atoms with van der Waals surface area (Å²) in [6.07, 6.45) is 0.881. The van der Waals surface area contributed by atoms with E-state index in [2.05, 4.69) is 54.3 Å². The molecule has 3 heteroatoms. The van der Waals surface area contributed by atoms with Crippen LogP contribution in [0.4, 0.5) is 0 Å². The molecule has 0 atom stereocenters. The third-order valence-electron chi connectivity index (χ3n) is 3.42. The third kappa shape index (κ3) is 2.12. The summed E-state index contributed by atoms with van der Waals surface area (Å²) >= 11 is 0. The molecule has 2 heterocycles. The van der Waals surface area contributed by atoms with E-state index in [0.29, 0.717) is 0 Å². The summed E-state index contributed by atoms with van der Waals surface area (Å²) in [5.74, 6) is 0. The van der Waals surface area contributed by atoms with Crippen molar-refractivity contribution in [2.75, 3.05) is 0 Å². The predicted octanol–water partition coefficient (Wildman–Crippen LogP) is 3.25. The molecule has 0 aliphatic rings. The molecule has 0 saturated carbocycles. The van der Waals surface area contributed by atoms with E-state index in [1.165, 1.54) is 11.1 Å². The maximum Gasteiger partial charge on any atom is 0.159 e. The standard InChI is InChI=1S/C16H17N3/c1-11-9-12(2)19-16(17-11)15(13(3)18-19)10-14-7-5-4-6-8-14/h4-9H,10H2,1-3H3. The Bertz CT molecular complexity index is 727. The Balaban J connectivity index is 2.15. The summed E-state index contributed by atoms with van der Waals surface area (Å²) in [6.45, 7) is 6.16. The first-order chi connectivity index (χ1) is 9.15. The average Bonchev–Trinajstić information content (AvgIpc) is 2.69. The Morgan fingerprint density at radius 2 is 1.79 bits per heavy atom. The minimum absolute atomic E-state index is 0.881. The van der Waals surface area contributed by atoms with E-state index >= 15 is 0 Å². The number of aryl methyl sites for hydroxylation is 3. The van der Waals surface area contributed by atoms with Gasteiger partial charge in [0.15, 0.2) is 5.65 Å². The van der Waals surface area contributed by atoms with Gasteiger partial charge in [0.05, 0.1) is 5.69 Å². The molecule has 1 aromatic carbocycles. The zero-order chi connectivity index (χ0) is 13.4. The van der Waals surface area contributed by atoms with Crippen LogP contribution < -0.4 is 0 Å². The van der Waals surface area contributed by atoms with Crippen molar-refractivity contribution in [1.29, 1.82) is 0 Å². The largest absolute Gasteiger partial charge is 0.234 e. The quantitative estimate of drug-likeness (QED) is 0.700. The Hall–Kier alpha value is -2.16. The van der Waals surface area contributed by atoms with Crippen LogP contribution in [0.25, 0.3) is 5.65 Å². The van der Waals surface area contributed by atoms with Gasteiger partial charge in [-0.1, -0.05) is 30.3 Å². The maximum absolute atomic E-state index is 4.65. The molecular weight excluding hydrogens is 234 g/mol. The molecule has 3 rings (SSSR count). The minimum atomic E-state index is 0.881. The van der Waals surface area contributed by atoms with E-state index < -0.39 is 0 Å². The second-order valence-electron chi connectivity index (χ2n) is 5.00. The number of aromatic nitrogens is 3. The first-order valence-electron chi connectivity index (χ1n) is 6.51. The monoisotopic (exact) mass is 251 g/mol. The van der Waals surface area contributed by atoms with Crippen LogP contribution in [0.2, 0.25) is 0 Å².